The van der Waals surface area contributed by atoms with Gasteiger partial charge in [0.15, 0.2) is 0 Å². The molecule has 1 aromatic carbocycles. The quantitative estimate of drug-likeness (QED) is 0.534. The van der Waals surface area contributed by atoms with Gasteiger partial charge in [-0.3, -0.25) is 4.79 Å². The van der Waals surface area contributed by atoms with Crippen LogP contribution < -0.4 is 0 Å². The Balaban J connectivity index is 2.64. The summed E-state index contributed by atoms with van der Waals surface area (Å²) in [4.78, 5) is 11.9. The highest BCUT2D eigenvalue weighted by Crippen LogP contribution is 2.05. The molecule has 0 saturated heterocycles. The zero-order chi connectivity index (χ0) is 11.3. The Kier molecular flexibility index (Phi) is 4.04. The van der Waals surface area contributed by atoms with Gasteiger partial charge in [-0.25, -0.2) is 0 Å². The molecule has 82 valence electrons. The molecule has 0 amide bonds. The first kappa shape index (κ1) is 11.9. The van der Waals surface area contributed by atoms with Crippen LogP contribution in [0.25, 0.3) is 0 Å². The van der Waals surface area contributed by atoms with Crippen LogP contribution in [0, 0.1) is 0 Å². The number of nitrogens with zero attached hydrogens (tertiary/aromatic N) is 1. The summed E-state index contributed by atoms with van der Waals surface area (Å²) in [5.41, 5.74) is 0.819. The lowest BCUT2D eigenvalue weighted by Crippen LogP contribution is -2.44. The second-order valence-corrected chi connectivity index (χ2v) is 4.61. The maximum atomic E-state index is 11.9. The highest BCUT2D eigenvalue weighted by molar-refractivity contribution is 5.96. The molecule has 0 aliphatic carbocycles. The van der Waals surface area contributed by atoms with E-state index in [2.05, 4.69) is 21.0 Å². The van der Waals surface area contributed by atoms with Gasteiger partial charge in [0.2, 0.25) is 5.78 Å². The molecule has 0 N–H and O–H groups in total. The number of carbonyl (C=O) groups excluding carboxylic acids is 1. The number of hydrogen-bond donors (Lipinski definition) is 0. The van der Waals surface area contributed by atoms with Crippen LogP contribution in [0.4, 0.5) is 0 Å². The third-order valence-corrected chi connectivity index (χ3v) is 2.50. The maximum Gasteiger partial charge on any atom is 0.216 e. The molecular formula is C13H20NO+. The molecule has 0 atom stereocenters. The fraction of sp³-hybridized carbons (Fsp3) is 0.462. The lowest BCUT2D eigenvalue weighted by molar-refractivity contribution is -0.881. The minimum Gasteiger partial charge on any atom is -0.322 e. The molecule has 0 fully saturated rings. The molecule has 0 aliphatic rings. The van der Waals surface area contributed by atoms with Crippen LogP contribution in [-0.4, -0.2) is 37.5 Å². The van der Waals surface area contributed by atoms with Crippen LogP contribution in [0.2, 0.25) is 0 Å². The van der Waals surface area contributed by atoms with Crippen LogP contribution in [0.15, 0.2) is 30.3 Å². The zero-order valence-corrected chi connectivity index (χ0v) is 9.86. The molecule has 1 rings (SSSR count). The van der Waals surface area contributed by atoms with Gasteiger partial charge in [0.05, 0.1) is 20.6 Å². The van der Waals surface area contributed by atoms with Crippen LogP contribution >= 0.6 is 0 Å². The second-order valence-electron chi connectivity index (χ2n) is 4.61. The minimum atomic E-state index is 0.231. The van der Waals surface area contributed by atoms with Gasteiger partial charge in [-0.1, -0.05) is 37.3 Å². The summed E-state index contributed by atoms with van der Waals surface area (Å²) in [7, 11) is 4.20. The number of likely N-dealkylation sites (N-methyl/N-ethyl adjacent to an activating group) is 1. The van der Waals surface area contributed by atoms with Crippen molar-refractivity contribution < 1.29 is 9.28 Å². The molecular weight excluding hydrogens is 186 g/mol. The Labute approximate surface area is 92.1 Å². The van der Waals surface area contributed by atoms with Crippen LogP contribution in [-0.2, 0) is 0 Å². The highest BCUT2D eigenvalue weighted by atomic mass is 16.1. The van der Waals surface area contributed by atoms with Crippen molar-refractivity contribution in [1.82, 2.24) is 0 Å². The Morgan fingerprint density at radius 3 is 2.33 bits per heavy atom. The lowest BCUT2D eigenvalue weighted by Gasteiger charge is -2.28. The van der Waals surface area contributed by atoms with E-state index in [-0.39, 0.29) is 5.78 Å². The number of benzene rings is 1. The summed E-state index contributed by atoms with van der Waals surface area (Å²) in [5.74, 6) is 0.231. The molecule has 2 heteroatoms. The van der Waals surface area contributed by atoms with E-state index >= 15 is 0 Å². The zero-order valence-electron chi connectivity index (χ0n) is 9.86. The molecule has 0 heterocycles. The molecule has 0 aliphatic heterocycles. The summed E-state index contributed by atoms with van der Waals surface area (Å²) in [5, 5.41) is 0. The third kappa shape index (κ3) is 3.84. The van der Waals surface area contributed by atoms with Crippen LogP contribution in [0.3, 0.4) is 0 Å². The second kappa shape index (κ2) is 5.08. The monoisotopic (exact) mass is 206 g/mol. The van der Waals surface area contributed by atoms with Gasteiger partial charge in [0, 0.05) is 5.56 Å². The number of Topliss-reactive ketones (excluding diaryl/α,β-unsaturated/α-hetero) is 1. The van der Waals surface area contributed by atoms with Crippen molar-refractivity contribution in [3.8, 4) is 0 Å². The number of carbonyl (C=O) groups is 1. The predicted octanol–water partition coefficient (Wildman–Crippen LogP) is 2.36. The topological polar surface area (TPSA) is 17.1 Å². The molecule has 0 bridgehead atoms. The van der Waals surface area contributed by atoms with E-state index < -0.39 is 0 Å². The maximum absolute atomic E-state index is 11.9. The van der Waals surface area contributed by atoms with Crippen molar-refractivity contribution in [2.45, 2.75) is 13.3 Å². The summed E-state index contributed by atoms with van der Waals surface area (Å²) in [6, 6.07) is 9.52. The largest absolute Gasteiger partial charge is 0.322 e. The van der Waals surface area contributed by atoms with Crippen molar-refractivity contribution in [3.63, 3.8) is 0 Å². The van der Waals surface area contributed by atoms with E-state index in [0.29, 0.717) is 6.54 Å². The van der Waals surface area contributed by atoms with Crippen molar-refractivity contribution >= 4 is 5.78 Å². The van der Waals surface area contributed by atoms with Gasteiger partial charge in [-0.15, -0.1) is 0 Å². The van der Waals surface area contributed by atoms with Gasteiger partial charge in [0.25, 0.3) is 0 Å². The molecule has 0 saturated carbocycles. The fourth-order valence-electron chi connectivity index (χ4n) is 1.79. The normalized spacial score (nSPS) is 11.4. The van der Waals surface area contributed by atoms with Crippen molar-refractivity contribution in [1.29, 1.82) is 0 Å². The molecule has 0 aromatic heterocycles. The van der Waals surface area contributed by atoms with E-state index in [0.717, 1.165) is 23.0 Å². The van der Waals surface area contributed by atoms with E-state index in [4.69, 9.17) is 0 Å². The number of ketones is 1. The van der Waals surface area contributed by atoms with E-state index in [9.17, 15) is 4.79 Å². The fourth-order valence-corrected chi connectivity index (χ4v) is 1.79. The molecule has 0 radical (unpaired) electrons. The van der Waals surface area contributed by atoms with Crippen LogP contribution in [0.1, 0.15) is 23.7 Å². The Morgan fingerprint density at radius 2 is 1.80 bits per heavy atom. The molecule has 1 aromatic rings. The first-order valence-electron chi connectivity index (χ1n) is 5.45. The van der Waals surface area contributed by atoms with E-state index in [1.165, 1.54) is 0 Å². The molecule has 0 spiro atoms. The lowest BCUT2D eigenvalue weighted by atomic mass is 10.1. The minimum absolute atomic E-state index is 0.231. The van der Waals surface area contributed by atoms with Crippen molar-refractivity contribution in [2.24, 2.45) is 0 Å². The number of quaternary nitrogens is 1. The summed E-state index contributed by atoms with van der Waals surface area (Å²) in [6.45, 7) is 3.77. The first-order chi connectivity index (χ1) is 7.05. The van der Waals surface area contributed by atoms with Gasteiger partial charge < -0.3 is 4.48 Å². The molecule has 2 nitrogen and oxygen atoms in total. The van der Waals surface area contributed by atoms with Crippen molar-refractivity contribution in [3.05, 3.63) is 35.9 Å². The summed E-state index contributed by atoms with van der Waals surface area (Å²) < 4.78 is 0.768. The summed E-state index contributed by atoms with van der Waals surface area (Å²) >= 11 is 0. The average Bonchev–Trinajstić information content (AvgIpc) is 2.18. The van der Waals surface area contributed by atoms with Crippen molar-refractivity contribution in [2.75, 3.05) is 27.2 Å². The SMILES string of the molecule is CCC[N+](C)(C)CC(=O)c1ccccc1. The van der Waals surface area contributed by atoms with Gasteiger partial charge in [0.1, 0.15) is 6.54 Å². The predicted molar refractivity (Wildman–Crippen MR) is 62.9 cm³/mol. The third-order valence-electron chi connectivity index (χ3n) is 2.50. The van der Waals surface area contributed by atoms with Crippen LogP contribution in [0.5, 0.6) is 0 Å². The standard InChI is InChI=1S/C13H20NO/c1-4-10-14(2,3)11-13(15)12-8-6-5-7-9-12/h5-9H,4,10-11H2,1-3H3/q+1. The number of hydrogen-bond acceptors (Lipinski definition) is 1. The molecule has 15 heavy (non-hydrogen) atoms. The summed E-state index contributed by atoms with van der Waals surface area (Å²) in [6.07, 6.45) is 1.11. The average molecular weight is 206 g/mol. The van der Waals surface area contributed by atoms with Gasteiger partial charge in [-0.05, 0) is 6.42 Å². The highest BCUT2D eigenvalue weighted by Gasteiger charge is 2.19. The Bertz CT molecular complexity index is 317. The van der Waals surface area contributed by atoms with Gasteiger partial charge >= 0.3 is 0 Å². The Morgan fingerprint density at radius 1 is 1.20 bits per heavy atom. The van der Waals surface area contributed by atoms with Gasteiger partial charge in [-0.2, -0.15) is 0 Å². The molecule has 0 unspecified atom stereocenters. The van der Waals surface area contributed by atoms with E-state index in [1.807, 2.05) is 30.3 Å². The van der Waals surface area contributed by atoms with E-state index in [1.54, 1.807) is 0 Å². The Hall–Kier alpha value is -1.15. The number of rotatable bonds is 5. The first-order valence-corrected chi connectivity index (χ1v) is 5.45. The smallest absolute Gasteiger partial charge is 0.216 e.